The first-order valence-electron chi connectivity index (χ1n) is 6.51. The van der Waals surface area contributed by atoms with Gasteiger partial charge < -0.3 is 11.1 Å². The maximum Gasteiger partial charge on any atom is 0.239 e. The molecule has 0 bridgehead atoms. The van der Waals surface area contributed by atoms with E-state index in [0.29, 0.717) is 11.4 Å². The van der Waals surface area contributed by atoms with Gasteiger partial charge in [-0.05, 0) is 30.5 Å². The Bertz CT molecular complexity index is 572. The quantitative estimate of drug-likeness (QED) is 0.857. The molecule has 0 aromatic heterocycles. The molecule has 3 nitrogen and oxygen atoms in total. The fourth-order valence-electron chi connectivity index (χ4n) is 2.01. The number of hydrogen-bond acceptors (Lipinski definition) is 2. The van der Waals surface area contributed by atoms with Crippen LogP contribution < -0.4 is 11.1 Å². The van der Waals surface area contributed by atoms with E-state index in [9.17, 15) is 4.79 Å². The van der Waals surface area contributed by atoms with Crippen LogP contribution in [0, 0.1) is 0 Å². The molecular weight excluding hydrogens is 272 g/mol. The van der Waals surface area contributed by atoms with Crippen molar-refractivity contribution in [2.24, 2.45) is 5.73 Å². The van der Waals surface area contributed by atoms with Crippen molar-refractivity contribution in [2.75, 3.05) is 5.32 Å². The van der Waals surface area contributed by atoms with Crippen LogP contribution in [-0.2, 0) is 11.2 Å². The molecule has 1 amide bonds. The van der Waals surface area contributed by atoms with E-state index in [1.807, 2.05) is 48.5 Å². The van der Waals surface area contributed by atoms with Gasteiger partial charge in [0.15, 0.2) is 0 Å². The first-order valence-corrected chi connectivity index (χ1v) is 6.89. The molecule has 1 atom stereocenters. The highest BCUT2D eigenvalue weighted by atomic mass is 35.5. The summed E-state index contributed by atoms with van der Waals surface area (Å²) >= 11 is 6.08. The molecule has 4 heteroatoms. The van der Waals surface area contributed by atoms with Crippen LogP contribution in [0.5, 0.6) is 0 Å². The number of primary amides is 1. The molecule has 0 heterocycles. The molecule has 0 aliphatic rings. The summed E-state index contributed by atoms with van der Waals surface area (Å²) in [5.74, 6) is -0.374. The number of carbonyl (C=O) groups is 1. The maximum absolute atomic E-state index is 11.6. The number of anilines is 1. The van der Waals surface area contributed by atoms with Gasteiger partial charge in [-0.15, -0.1) is 0 Å². The Morgan fingerprint density at radius 3 is 2.40 bits per heavy atom. The average molecular weight is 289 g/mol. The first kappa shape index (κ1) is 14.4. The van der Waals surface area contributed by atoms with Gasteiger partial charge in [0.2, 0.25) is 5.91 Å². The molecule has 0 radical (unpaired) electrons. The van der Waals surface area contributed by atoms with Crippen molar-refractivity contribution in [1.29, 1.82) is 0 Å². The van der Waals surface area contributed by atoms with Gasteiger partial charge >= 0.3 is 0 Å². The third kappa shape index (κ3) is 4.00. The number of nitrogens with one attached hydrogen (secondary N) is 1. The summed E-state index contributed by atoms with van der Waals surface area (Å²) in [7, 11) is 0. The van der Waals surface area contributed by atoms with E-state index in [-0.39, 0.29) is 5.91 Å². The molecule has 0 aliphatic heterocycles. The number of amides is 1. The van der Waals surface area contributed by atoms with E-state index >= 15 is 0 Å². The van der Waals surface area contributed by atoms with E-state index in [1.54, 1.807) is 6.07 Å². The Morgan fingerprint density at radius 2 is 1.75 bits per heavy atom. The lowest BCUT2D eigenvalue weighted by Crippen LogP contribution is -2.35. The fourth-order valence-corrected chi connectivity index (χ4v) is 2.20. The fraction of sp³-hybridized carbons (Fsp3) is 0.188. The first-order chi connectivity index (χ1) is 9.66. The Kier molecular flexibility index (Phi) is 5.02. The third-order valence-electron chi connectivity index (χ3n) is 3.11. The van der Waals surface area contributed by atoms with E-state index in [1.165, 1.54) is 5.56 Å². The van der Waals surface area contributed by atoms with E-state index in [4.69, 9.17) is 17.3 Å². The van der Waals surface area contributed by atoms with Crippen LogP contribution >= 0.6 is 11.6 Å². The molecule has 0 saturated heterocycles. The molecular formula is C16H17ClN2O. The van der Waals surface area contributed by atoms with Gasteiger partial charge in [0.25, 0.3) is 0 Å². The Balaban J connectivity index is 2.01. The minimum absolute atomic E-state index is 0.374. The zero-order valence-corrected chi connectivity index (χ0v) is 11.8. The molecule has 104 valence electrons. The topological polar surface area (TPSA) is 55.1 Å². The molecule has 2 rings (SSSR count). The van der Waals surface area contributed by atoms with Crippen LogP contribution in [0.4, 0.5) is 5.69 Å². The number of aryl methyl sites for hydroxylation is 1. The number of benzene rings is 2. The average Bonchev–Trinajstić information content (AvgIpc) is 2.46. The summed E-state index contributed by atoms with van der Waals surface area (Å²) in [6.07, 6.45) is 1.41. The van der Waals surface area contributed by atoms with Crippen molar-refractivity contribution >= 4 is 23.2 Å². The summed E-state index contributed by atoms with van der Waals surface area (Å²) in [5, 5.41) is 3.69. The molecule has 0 spiro atoms. The van der Waals surface area contributed by atoms with Crippen LogP contribution in [-0.4, -0.2) is 11.9 Å². The standard InChI is InChI=1S/C16H17ClN2O/c17-13-8-4-5-9-14(13)19-15(16(18)20)11-10-12-6-2-1-3-7-12/h1-9,15,19H,10-11H2,(H2,18,20). The highest BCUT2D eigenvalue weighted by Crippen LogP contribution is 2.22. The van der Waals surface area contributed by atoms with Crippen LogP contribution in [0.2, 0.25) is 5.02 Å². The second-order valence-electron chi connectivity index (χ2n) is 4.60. The molecule has 3 N–H and O–H groups in total. The predicted octanol–water partition coefficient (Wildman–Crippen LogP) is 3.24. The second kappa shape index (κ2) is 6.96. The van der Waals surface area contributed by atoms with Crippen molar-refractivity contribution < 1.29 is 4.79 Å². The van der Waals surface area contributed by atoms with Crippen LogP contribution in [0.1, 0.15) is 12.0 Å². The molecule has 0 fully saturated rings. The zero-order valence-electron chi connectivity index (χ0n) is 11.1. The largest absolute Gasteiger partial charge is 0.372 e. The van der Waals surface area contributed by atoms with E-state index < -0.39 is 6.04 Å². The molecule has 1 unspecified atom stereocenters. The lowest BCUT2D eigenvalue weighted by Gasteiger charge is -2.17. The number of carbonyl (C=O) groups excluding carboxylic acids is 1. The van der Waals surface area contributed by atoms with Crippen molar-refractivity contribution in [2.45, 2.75) is 18.9 Å². The molecule has 0 aliphatic carbocycles. The number of nitrogens with two attached hydrogens (primary N) is 1. The summed E-state index contributed by atoms with van der Waals surface area (Å²) in [6, 6.07) is 16.9. The van der Waals surface area contributed by atoms with Gasteiger partial charge in [0.1, 0.15) is 6.04 Å². The Hall–Kier alpha value is -2.00. The van der Waals surface area contributed by atoms with Gasteiger partial charge in [0.05, 0.1) is 10.7 Å². The maximum atomic E-state index is 11.6. The van der Waals surface area contributed by atoms with Crippen molar-refractivity contribution in [1.82, 2.24) is 0 Å². The SMILES string of the molecule is NC(=O)C(CCc1ccccc1)Nc1ccccc1Cl. The Labute approximate surface area is 123 Å². The lowest BCUT2D eigenvalue weighted by molar-refractivity contribution is -0.118. The van der Waals surface area contributed by atoms with Gasteiger partial charge in [-0.1, -0.05) is 54.1 Å². The zero-order chi connectivity index (χ0) is 14.4. The molecule has 0 saturated carbocycles. The number of para-hydroxylation sites is 1. The normalized spacial score (nSPS) is 11.8. The predicted molar refractivity (Wildman–Crippen MR) is 82.8 cm³/mol. The third-order valence-corrected chi connectivity index (χ3v) is 3.44. The summed E-state index contributed by atoms with van der Waals surface area (Å²) < 4.78 is 0. The van der Waals surface area contributed by atoms with E-state index in [2.05, 4.69) is 5.32 Å². The van der Waals surface area contributed by atoms with Gasteiger partial charge in [-0.3, -0.25) is 4.79 Å². The highest BCUT2D eigenvalue weighted by Gasteiger charge is 2.16. The number of rotatable bonds is 6. The van der Waals surface area contributed by atoms with Crippen molar-refractivity contribution in [3.63, 3.8) is 0 Å². The van der Waals surface area contributed by atoms with E-state index in [0.717, 1.165) is 12.1 Å². The van der Waals surface area contributed by atoms with Gasteiger partial charge in [-0.25, -0.2) is 0 Å². The van der Waals surface area contributed by atoms with Crippen LogP contribution in [0.3, 0.4) is 0 Å². The lowest BCUT2D eigenvalue weighted by atomic mass is 10.0. The summed E-state index contributed by atoms with van der Waals surface area (Å²) in [5.41, 5.74) is 7.36. The van der Waals surface area contributed by atoms with Gasteiger partial charge in [0, 0.05) is 0 Å². The minimum atomic E-state index is -0.435. The summed E-state index contributed by atoms with van der Waals surface area (Å²) in [6.45, 7) is 0. The second-order valence-corrected chi connectivity index (χ2v) is 5.01. The highest BCUT2D eigenvalue weighted by molar-refractivity contribution is 6.33. The van der Waals surface area contributed by atoms with Crippen molar-refractivity contribution in [3.05, 3.63) is 65.2 Å². The molecule has 2 aromatic carbocycles. The molecule has 2 aromatic rings. The van der Waals surface area contributed by atoms with Crippen molar-refractivity contribution in [3.8, 4) is 0 Å². The molecule has 20 heavy (non-hydrogen) atoms. The Morgan fingerprint density at radius 1 is 1.10 bits per heavy atom. The summed E-state index contributed by atoms with van der Waals surface area (Å²) in [4.78, 5) is 11.6. The monoisotopic (exact) mass is 288 g/mol. The minimum Gasteiger partial charge on any atom is -0.372 e. The van der Waals surface area contributed by atoms with Gasteiger partial charge in [-0.2, -0.15) is 0 Å². The smallest absolute Gasteiger partial charge is 0.239 e. The van der Waals surface area contributed by atoms with Crippen LogP contribution in [0.15, 0.2) is 54.6 Å². The number of hydrogen-bond donors (Lipinski definition) is 2. The number of halogens is 1. The van der Waals surface area contributed by atoms with Crippen LogP contribution in [0.25, 0.3) is 0 Å².